The van der Waals surface area contributed by atoms with Crippen molar-refractivity contribution in [2.45, 2.75) is 38.1 Å². The number of nitrogens with zero attached hydrogens (tertiary/aromatic N) is 3. The van der Waals surface area contributed by atoms with E-state index >= 15 is 0 Å². The van der Waals surface area contributed by atoms with Gasteiger partial charge in [-0.1, -0.05) is 43.5 Å². The summed E-state index contributed by atoms with van der Waals surface area (Å²) in [4.78, 5) is 56.6. The average molecular weight is 570 g/mol. The Morgan fingerprint density at radius 3 is 1.51 bits per heavy atom. The van der Waals surface area contributed by atoms with Gasteiger partial charge in [0.1, 0.15) is 11.6 Å². The summed E-state index contributed by atoms with van der Waals surface area (Å²) in [6, 6.07) is 11.2. The number of thioether (sulfide) groups is 2. The van der Waals surface area contributed by atoms with Crippen LogP contribution in [0.4, 0.5) is 18.4 Å². The van der Waals surface area contributed by atoms with E-state index in [4.69, 9.17) is 0 Å². The molecular formula is C28H25F2N3O4S2. The molecule has 7 nitrogen and oxygen atoms in total. The van der Waals surface area contributed by atoms with Gasteiger partial charge in [-0.25, -0.2) is 8.78 Å². The van der Waals surface area contributed by atoms with Crippen LogP contribution in [0.2, 0.25) is 0 Å². The van der Waals surface area contributed by atoms with Crippen molar-refractivity contribution < 1.29 is 28.0 Å². The number of imide groups is 2. The first kappa shape index (κ1) is 27.3. The lowest BCUT2D eigenvalue weighted by atomic mass is 9.94. The number of amides is 4. The predicted octanol–water partition coefficient (Wildman–Crippen LogP) is 6.29. The number of carbonyl (C=O) groups excluding carboxylic acids is 4. The fraction of sp³-hybridized carbons (Fsp3) is 0.286. The van der Waals surface area contributed by atoms with Gasteiger partial charge in [0, 0.05) is 6.04 Å². The highest BCUT2D eigenvalue weighted by Gasteiger charge is 2.41. The first-order valence-electron chi connectivity index (χ1n) is 12.5. The monoisotopic (exact) mass is 569 g/mol. The van der Waals surface area contributed by atoms with E-state index < -0.39 is 33.9 Å². The third-order valence-electron chi connectivity index (χ3n) is 6.82. The van der Waals surface area contributed by atoms with E-state index in [0.29, 0.717) is 11.1 Å². The molecule has 2 aliphatic heterocycles. The Hall–Kier alpha value is -3.28. The molecule has 3 fully saturated rings. The summed E-state index contributed by atoms with van der Waals surface area (Å²) in [5.41, 5.74) is 1.19. The van der Waals surface area contributed by atoms with E-state index in [9.17, 15) is 28.0 Å². The molecule has 39 heavy (non-hydrogen) atoms. The maximum absolute atomic E-state index is 13.3. The molecule has 11 heteroatoms. The normalized spacial score (nSPS) is 20.9. The zero-order valence-corrected chi connectivity index (χ0v) is 22.5. The first-order valence-corrected chi connectivity index (χ1v) is 14.2. The van der Waals surface area contributed by atoms with Gasteiger partial charge >= 0.3 is 0 Å². The third kappa shape index (κ3) is 6.32. The molecule has 2 heterocycles. The number of carbonyl (C=O) groups is 4. The molecule has 202 valence electrons. The van der Waals surface area contributed by atoms with Gasteiger partial charge in [0.25, 0.3) is 22.3 Å². The van der Waals surface area contributed by atoms with Crippen molar-refractivity contribution in [2.24, 2.45) is 0 Å². The number of hydrogen-bond acceptors (Lipinski definition) is 7. The zero-order valence-electron chi connectivity index (χ0n) is 20.8. The summed E-state index contributed by atoms with van der Waals surface area (Å²) in [5, 5.41) is -0.890. The number of benzene rings is 2. The lowest BCUT2D eigenvalue weighted by Crippen LogP contribution is -2.51. The highest BCUT2D eigenvalue weighted by molar-refractivity contribution is 8.18. The van der Waals surface area contributed by atoms with Gasteiger partial charge in [0.2, 0.25) is 0 Å². The Balaban J connectivity index is 1.34. The lowest BCUT2D eigenvalue weighted by Gasteiger charge is -2.37. The molecule has 0 N–H and O–H groups in total. The van der Waals surface area contributed by atoms with Crippen molar-refractivity contribution in [1.29, 1.82) is 0 Å². The Bertz CT molecular complexity index is 1260. The largest absolute Gasteiger partial charge is 0.294 e. The molecule has 1 aliphatic carbocycles. The molecule has 2 saturated heterocycles. The molecule has 0 atom stereocenters. The fourth-order valence-electron chi connectivity index (χ4n) is 4.75. The van der Waals surface area contributed by atoms with Gasteiger partial charge in [0.05, 0.1) is 23.1 Å². The first-order chi connectivity index (χ1) is 18.8. The minimum Gasteiger partial charge on any atom is -0.268 e. The summed E-state index contributed by atoms with van der Waals surface area (Å²) < 4.78 is 26.5. The van der Waals surface area contributed by atoms with Gasteiger partial charge in [-0.2, -0.15) is 0 Å². The van der Waals surface area contributed by atoms with E-state index in [1.807, 2.05) is 4.90 Å². The van der Waals surface area contributed by atoms with Crippen molar-refractivity contribution in [2.75, 3.05) is 13.3 Å². The zero-order chi connectivity index (χ0) is 27.5. The van der Waals surface area contributed by atoms with Crippen LogP contribution in [0, 0.1) is 11.6 Å². The lowest BCUT2D eigenvalue weighted by molar-refractivity contribution is -0.127. The van der Waals surface area contributed by atoms with E-state index in [1.54, 1.807) is 12.2 Å². The van der Waals surface area contributed by atoms with Crippen LogP contribution in [-0.4, -0.2) is 56.4 Å². The van der Waals surface area contributed by atoms with Crippen LogP contribution in [0.5, 0.6) is 0 Å². The third-order valence-corrected chi connectivity index (χ3v) is 8.63. The Morgan fingerprint density at radius 1 is 0.692 bits per heavy atom. The number of rotatable bonds is 7. The quantitative estimate of drug-likeness (QED) is 0.363. The molecular weight excluding hydrogens is 544 g/mol. The summed E-state index contributed by atoms with van der Waals surface area (Å²) in [7, 11) is 0. The summed E-state index contributed by atoms with van der Waals surface area (Å²) in [6.07, 6.45) is 7.76. The SMILES string of the molecule is O=C1S/C(=C\c2ccc(F)cc2)C(=O)N1CN(CN1C(=O)S/C(=C\c2ccc(F)cc2)C1=O)C1CCCCC1. The van der Waals surface area contributed by atoms with Crippen molar-refractivity contribution in [3.63, 3.8) is 0 Å². The Morgan fingerprint density at radius 2 is 1.10 bits per heavy atom. The van der Waals surface area contributed by atoms with Gasteiger partial charge in [-0.3, -0.25) is 33.9 Å². The maximum atomic E-state index is 13.3. The fourth-order valence-corrected chi connectivity index (χ4v) is 6.41. The van der Waals surface area contributed by atoms with Crippen molar-refractivity contribution in [3.8, 4) is 0 Å². The van der Waals surface area contributed by atoms with E-state index in [-0.39, 0.29) is 29.2 Å². The summed E-state index contributed by atoms with van der Waals surface area (Å²) >= 11 is 1.61. The van der Waals surface area contributed by atoms with Gasteiger partial charge < -0.3 is 0 Å². The van der Waals surface area contributed by atoms with Crippen LogP contribution in [0.1, 0.15) is 43.2 Å². The average Bonchev–Trinajstić information content (AvgIpc) is 3.35. The smallest absolute Gasteiger partial charge is 0.268 e. The van der Waals surface area contributed by atoms with Crippen molar-refractivity contribution in [3.05, 3.63) is 81.1 Å². The number of hydrogen-bond donors (Lipinski definition) is 0. The molecule has 0 radical (unpaired) electrons. The van der Waals surface area contributed by atoms with E-state index in [2.05, 4.69) is 0 Å². The van der Waals surface area contributed by atoms with E-state index in [0.717, 1.165) is 65.4 Å². The summed E-state index contributed by atoms with van der Waals surface area (Å²) in [6.45, 7) is -0.121. The highest BCUT2D eigenvalue weighted by Crippen LogP contribution is 2.36. The second-order valence-electron chi connectivity index (χ2n) is 9.49. The van der Waals surface area contributed by atoms with Crippen LogP contribution < -0.4 is 0 Å². The molecule has 0 spiro atoms. The second kappa shape index (κ2) is 11.8. The van der Waals surface area contributed by atoms with Gasteiger partial charge in [-0.05, 0) is 83.9 Å². The van der Waals surface area contributed by atoms with Crippen molar-refractivity contribution in [1.82, 2.24) is 14.7 Å². The van der Waals surface area contributed by atoms with Crippen LogP contribution in [0.3, 0.4) is 0 Å². The van der Waals surface area contributed by atoms with E-state index in [1.165, 1.54) is 48.5 Å². The standard InChI is InChI=1S/C28H25F2N3O4S2/c29-20-10-6-18(7-11-20)14-23-25(34)32(27(36)38-23)16-31(22-4-2-1-3-5-22)17-33-26(35)24(39-28(33)37)15-19-8-12-21(30)13-9-19/h6-15,22H,1-5,16-17H2/b23-14-,24-15-. The Kier molecular flexibility index (Phi) is 8.29. The molecule has 0 unspecified atom stereocenters. The topological polar surface area (TPSA) is 78.0 Å². The summed E-state index contributed by atoms with van der Waals surface area (Å²) in [5.74, 6) is -1.74. The Labute approximate surface area is 232 Å². The molecule has 5 rings (SSSR count). The molecule has 4 amide bonds. The minimum absolute atomic E-state index is 0.00907. The maximum Gasteiger partial charge on any atom is 0.294 e. The van der Waals surface area contributed by atoms with Gasteiger partial charge in [-0.15, -0.1) is 0 Å². The van der Waals surface area contributed by atoms with Crippen molar-refractivity contribution >= 4 is 58.0 Å². The molecule has 2 aromatic rings. The molecule has 0 aromatic heterocycles. The number of halogens is 2. The molecule has 3 aliphatic rings. The highest BCUT2D eigenvalue weighted by atomic mass is 32.2. The molecule has 0 bridgehead atoms. The predicted molar refractivity (Wildman–Crippen MR) is 147 cm³/mol. The second-order valence-corrected chi connectivity index (χ2v) is 11.5. The minimum atomic E-state index is -0.472. The van der Waals surface area contributed by atoms with Crippen LogP contribution >= 0.6 is 23.5 Å². The van der Waals surface area contributed by atoms with Crippen LogP contribution in [0.15, 0.2) is 58.3 Å². The molecule has 1 saturated carbocycles. The molecule has 2 aromatic carbocycles. The van der Waals surface area contributed by atoms with Crippen LogP contribution in [0.25, 0.3) is 12.2 Å². The van der Waals surface area contributed by atoms with Gasteiger partial charge in [0.15, 0.2) is 0 Å². The van der Waals surface area contributed by atoms with Crippen LogP contribution in [-0.2, 0) is 9.59 Å².